The molecule has 9 fully saturated rings. The molecule has 0 aliphatic carbocycles. The van der Waals surface area contributed by atoms with Gasteiger partial charge in [0.1, 0.15) is 201 Å². The number of rotatable bonds is 35. The molecule has 0 aromatic carbocycles. The third kappa shape index (κ3) is 24.5. The topological polar surface area (TPSA) is 1020 Å². The van der Waals surface area contributed by atoms with Crippen LogP contribution in [-0.2, 0) is 158 Å². The Morgan fingerprint density at radius 3 is 1.05 bits per heavy atom. The van der Waals surface area contributed by atoms with E-state index in [4.69, 9.17) is 90.0 Å². The van der Waals surface area contributed by atoms with Gasteiger partial charge >= 0.3 is 55.0 Å². The zero-order valence-corrected chi connectivity index (χ0v) is 69.0. The summed E-state index contributed by atoms with van der Waals surface area (Å²) in [6.45, 7) is -5.83. The minimum absolute atomic E-state index is 0.632. The van der Waals surface area contributed by atoms with E-state index < -0.39 is 407 Å². The summed E-state index contributed by atoms with van der Waals surface area (Å²) in [6.07, 6.45) is -107. The lowest BCUT2D eigenvalue weighted by Gasteiger charge is -2.50. The largest absolute Gasteiger partial charge is 0.506 e. The number of ether oxygens (including phenoxy) is 19. The number of aliphatic carboxylic acids is 4. The number of hydrogen-bond acceptors (Lipinski definition) is 55. The van der Waals surface area contributed by atoms with Crippen molar-refractivity contribution in [3.05, 3.63) is 11.5 Å². The third-order valence-corrected chi connectivity index (χ3v) is 23.1. The first-order valence-electron chi connectivity index (χ1n) is 38.4. The van der Waals surface area contributed by atoms with E-state index in [0.717, 1.165) is 13.8 Å². The zero-order chi connectivity index (χ0) is 97.5. The number of carboxylic acids is 4. The van der Waals surface area contributed by atoms with Crippen LogP contribution in [0.2, 0.25) is 0 Å². The van der Waals surface area contributed by atoms with Crippen molar-refractivity contribution in [2.75, 3.05) is 39.6 Å². The molecule has 10 aliphatic rings. The monoisotopic (exact) mass is 1980 g/mol. The molecule has 0 aromatic rings. The molecule has 0 unspecified atom stereocenters. The minimum atomic E-state index is -5.85. The van der Waals surface area contributed by atoms with Crippen LogP contribution >= 0.6 is 0 Å². The van der Waals surface area contributed by atoms with E-state index in [0.29, 0.717) is 0 Å². The molecule has 10 heterocycles. The number of hydrogen-bond donors (Lipinski definition) is 32. The van der Waals surface area contributed by atoms with Crippen molar-refractivity contribution < 1.29 is 299 Å². The molecule has 32 N–H and O–H groups in total. The van der Waals surface area contributed by atoms with Crippen LogP contribution in [0.5, 0.6) is 0 Å². The van der Waals surface area contributed by atoms with Gasteiger partial charge < -0.3 is 233 Å². The average molecular weight is 1980 g/mol. The summed E-state index contributed by atoms with van der Waals surface area (Å²) in [5, 5.41) is 290. The average Bonchev–Trinajstić information content (AvgIpc) is 0.757. The van der Waals surface area contributed by atoms with Gasteiger partial charge in [-0.15, -0.1) is 0 Å². The number of aliphatic hydroxyl groups is 22. The van der Waals surface area contributed by atoms with Crippen molar-refractivity contribution in [2.24, 2.45) is 0 Å². The Bertz CT molecular complexity index is 4280. The van der Waals surface area contributed by atoms with Crippen LogP contribution < -0.4 is 15.4 Å². The fourth-order valence-corrected chi connectivity index (χ4v) is 16.7. The van der Waals surface area contributed by atoms with E-state index in [9.17, 15) is 200 Å². The van der Waals surface area contributed by atoms with Gasteiger partial charge in [0, 0.05) is 13.8 Å². The number of nitrogens with one attached hydrogen (secondary N) is 3. The Labute approximate surface area is 732 Å². The van der Waals surface area contributed by atoms with E-state index >= 15 is 0 Å². The van der Waals surface area contributed by atoms with Crippen molar-refractivity contribution in [3.8, 4) is 0 Å². The van der Waals surface area contributed by atoms with Gasteiger partial charge in [0.15, 0.2) is 86.8 Å². The maximum absolute atomic E-state index is 13.2. The van der Waals surface area contributed by atoms with Gasteiger partial charge in [0.05, 0.1) is 39.6 Å². The lowest BCUT2D eigenvalue weighted by atomic mass is 9.93. The number of carbonyl (C=O) groups is 6. The normalized spacial score (nSPS) is 45.7. The summed E-state index contributed by atoms with van der Waals surface area (Å²) in [7, 11) is -17.4. The first-order valence-corrected chi connectivity index (χ1v) is 42.6. The molecule has 754 valence electrons. The van der Waals surface area contributed by atoms with Crippen LogP contribution in [-0.4, -0.2) is 536 Å². The Kier molecular flexibility index (Phi) is 36.0. The molecule has 10 aliphatic heterocycles. The second kappa shape index (κ2) is 43.9. The molecule has 65 nitrogen and oxygen atoms in total. The molecule has 9 saturated heterocycles. The molecule has 0 spiro atoms. The molecule has 0 saturated carbocycles. The van der Waals surface area contributed by atoms with E-state index in [1.54, 1.807) is 0 Å². The third-order valence-electron chi connectivity index (χ3n) is 21.6. The molecular weight excluding hydrogens is 1890 g/mol. The molecule has 0 radical (unpaired) electrons. The predicted molar refractivity (Wildman–Crippen MR) is 382 cm³/mol. The number of carbonyl (C=O) groups excluding carboxylic acids is 2. The lowest BCUT2D eigenvalue weighted by Crippen LogP contribution is -2.71. The van der Waals surface area contributed by atoms with Gasteiger partial charge in [-0.2, -0.15) is 30.0 Å². The van der Waals surface area contributed by atoms with Gasteiger partial charge in [-0.05, 0) is 0 Å². The van der Waals surface area contributed by atoms with Gasteiger partial charge in [-0.25, -0.2) is 27.5 Å². The molecular formula is C63H97N3O62S3. The molecule has 47 atom stereocenters. The first kappa shape index (κ1) is 107. The summed E-state index contributed by atoms with van der Waals surface area (Å²) < 4.78 is 216. The fraction of sp³-hybridized carbons (Fsp3) is 0.873. The Balaban J connectivity index is 0.811. The van der Waals surface area contributed by atoms with Crippen molar-refractivity contribution in [1.82, 2.24) is 15.4 Å². The highest BCUT2D eigenvalue weighted by molar-refractivity contribution is 7.83. The Morgan fingerprint density at radius 2 is 0.695 bits per heavy atom. The first-order chi connectivity index (χ1) is 61.0. The van der Waals surface area contributed by atoms with Gasteiger partial charge in [-0.3, -0.25) is 23.2 Å². The number of amides is 2. The van der Waals surface area contributed by atoms with Crippen LogP contribution in [0.3, 0.4) is 0 Å². The molecule has 68 heteroatoms. The smallest absolute Gasteiger partial charge is 0.397 e. The van der Waals surface area contributed by atoms with E-state index in [2.05, 4.69) is 19.0 Å². The maximum Gasteiger partial charge on any atom is 0.397 e. The standard InChI is InChI=1S/C63H97N3O62S3/c1-9(71)64-17-23(76)38(117-59-33(86)29(82)44(49(126-59)53(96)97)123-57-19(66-129(99,100)101)25(78)39(16(115-57)8-109-130(102,103)104)118-63-46(128-131(105,106)107)27(80)26(79)45(124-63)50(90)91)14(6-70)112-55(17)121-42-28(81)32(85)58(125-47(42)51(92)93)116-37-13(5-69)113-56(18(24(37)77)65-10(2)72)122-43-30(83)34(87)60(127-48(43)52(94)95)119-41-22(75)12(4-68)111-62(36(41)89)120-40-21(74)11(3-67)110-61(35(40)88)114-15-7-108-54(98)31(84)20(15)73/h11-25,27-44,46-49,54-63,66-70,73-89,98H,3-8H2,1-2H3,(H,64,71)(H,65,72)(H,90,91)(H,92,93)(H,94,95)(H,96,97)(H,99,100,101)(H,102,103,104)(H,105,106,107)/t11-,12-,13-,14-,15-,16-,17-,18-,19-,20+,21+,22+,23-,24-,25-,27+,28-,29-,30-,31-,32-,33-,34-,35-,36-,37-,38-,39-,40+,41+,42+,43+,44+,46-,47+,48+,49-,54-,55-,56-,57-,58-,59-,60-,61+,62+,63-/m1/s1. The van der Waals surface area contributed by atoms with Gasteiger partial charge in [0.25, 0.3) is 0 Å². The summed E-state index contributed by atoms with van der Waals surface area (Å²) in [5.41, 5.74) is 0. The molecule has 10 rings (SSSR count). The van der Waals surface area contributed by atoms with Crippen molar-refractivity contribution in [2.45, 2.75) is 302 Å². The Morgan fingerprint density at radius 1 is 0.359 bits per heavy atom. The van der Waals surface area contributed by atoms with Crippen LogP contribution in [0, 0.1) is 0 Å². The quantitative estimate of drug-likeness (QED) is 0.0262. The Hall–Kier alpha value is -5.79. The van der Waals surface area contributed by atoms with Crippen LogP contribution in [0.4, 0.5) is 0 Å². The second-order valence-corrected chi connectivity index (χ2v) is 33.8. The minimum Gasteiger partial charge on any atom is -0.506 e. The fourth-order valence-electron chi connectivity index (χ4n) is 15.3. The summed E-state index contributed by atoms with van der Waals surface area (Å²) in [4.78, 5) is 77.1. The molecule has 131 heavy (non-hydrogen) atoms. The lowest BCUT2D eigenvalue weighted by molar-refractivity contribution is -0.391. The van der Waals surface area contributed by atoms with Crippen molar-refractivity contribution in [3.63, 3.8) is 0 Å². The van der Waals surface area contributed by atoms with Crippen molar-refractivity contribution in [1.29, 1.82) is 0 Å². The van der Waals surface area contributed by atoms with E-state index in [-0.39, 0.29) is 0 Å². The summed E-state index contributed by atoms with van der Waals surface area (Å²) in [5.74, 6) is -14.5. The SMILES string of the molecule is CC(=O)N[C@H]1[C@@H](O[C@H]2[C@H](O)[C@@H](O)[C@H](O[C@H]3[C@@H](O)[C@@H](CO)O[C@@H](O[C@H]4[C@@H](O)[C@@H](CO)O[C@@H](O[C@@H]5CO[C@@H](O)[C@H](O)[C@H]5O)[C@@H]4O)[C@@H]3O)O[C@@H]2C(=O)O)O[C@H](CO)[C@@H](O[C@@H]2O[C@H](C(=O)O)[C@@H](O[C@H]3O[C@H](CO)[C@@H](O[C@@H]4O[C@@H](C(=O)O)[C@@H](O[C@H]5O[C@H](COS(=O)(=O)O)[C@@H](O[C@@H]6OC(C(=O)O)=C(O)[C@H](O)[C@H]6OS(=O)(=O)O)[C@H](O)[C@H]5NS(=O)(=O)O)[C@H](O)[C@H]4O)[C@H](O)[C@H]3NC(C)=O)[C@H](O)[C@H]2O)[C@@H]1O. The maximum atomic E-state index is 13.2. The number of carboxylic acid groups (broad SMARTS) is 4. The highest BCUT2D eigenvalue weighted by atomic mass is 32.3. The number of aliphatic hydroxyl groups excluding tert-OH is 22. The molecule has 0 bridgehead atoms. The van der Waals surface area contributed by atoms with Crippen LogP contribution in [0.1, 0.15) is 13.8 Å². The van der Waals surface area contributed by atoms with Crippen LogP contribution in [0.15, 0.2) is 11.5 Å². The van der Waals surface area contributed by atoms with Gasteiger partial charge in [-0.1, -0.05) is 0 Å². The molecule has 0 aromatic heterocycles. The molecule has 2 amide bonds. The highest BCUT2D eigenvalue weighted by Gasteiger charge is 2.64. The summed E-state index contributed by atoms with van der Waals surface area (Å²) >= 11 is 0. The zero-order valence-electron chi connectivity index (χ0n) is 66.5. The van der Waals surface area contributed by atoms with Crippen LogP contribution in [0.25, 0.3) is 0 Å². The summed E-state index contributed by atoms with van der Waals surface area (Å²) in [6, 6.07) is -7.23. The van der Waals surface area contributed by atoms with Gasteiger partial charge in [0.2, 0.25) is 23.9 Å². The van der Waals surface area contributed by atoms with Crippen molar-refractivity contribution >= 4 is 66.8 Å². The second-order valence-electron chi connectivity index (χ2n) is 30.5. The van der Waals surface area contributed by atoms with E-state index in [1.165, 1.54) is 4.72 Å². The highest BCUT2D eigenvalue weighted by Crippen LogP contribution is 2.42. The van der Waals surface area contributed by atoms with E-state index in [1.807, 2.05) is 0 Å². The predicted octanol–water partition coefficient (Wildman–Crippen LogP) is -21.4.